The summed E-state index contributed by atoms with van der Waals surface area (Å²) >= 11 is 0. The normalized spacial score (nSPS) is 19.2. The van der Waals surface area contributed by atoms with Gasteiger partial charge in [0.25, 0.3) is 0 Å². The Kier molecular flexibility index (Phi) is 1.92. The maximum atomic E-state index is 12.5. The van der Waals surface area contributed by atoms with Crippen LogP contribution >= 0.6 is 0 Å². The van der Waals surface area contributed by atoms with Gasteiger partial charge in [-0.05, 0) is 19.1 Å². The van der Waals surface area contributed by atoms with Crippen molar-refractivity contribution in [2.45, 2.75) is 12.5 Å². The quantitative estimate of drug-likeness (QED) is 0.702. The van der Waals surface area contributed by atoms with Gasteiger partial charge in [-0.15, -0.1) is 0 Å². The highest BCUT2D eigenvalue weighted by Crippen LogP contribution is 2.21. The zero-order valence-electron chi connectivity index (χ0n) is 7.38. The highest BCUT2D eigenvalue weighted by Gasteiger charge is 2.32. The van der Waals surface area contributed by atoms with E-state index in [2.05, 4.69) is 17.2 Å². The Bertz CT molecular complexity index is 295. The van der Waals surface area contributed by atoms with Crippen LogP contribution in [0, 0.1) is 5.95 Å². The average molecular weight is 182 g/mol. The van der Waals surface area contributed by atoms with Crippen LogP contribution in [-0.4, -0.2) is 23.7 Å². The second-order valence-electron chi connectivity index (χ2n) is 3.55. The van der Waals surface area contributed by atoms with E-state index in [9.17, 15) is 4.39 Å². The van der Waals surface area contributed by atoms with Crippen molar-refractivity contribution in [1.82, 2.24) is 4.98 Å². The van der Waals surface area contributed by atoms with Crippen molar-refractivity contribution in [1.29, 1.82) is 0 Å². The fraction of sp³-hybridized carbons (Fsp3) is 0.444. The summed E-state index contributed by atoms with van der Waals surface area (Å²) in [5, 5.41) is 3.23. The van der Waals surface area contributed by atoms with Gasteiger partial charge >= 0.3 is 0 Å². The number of nitrogens with zero attached hydrogens (tertiary/aromatic N) is 1. The summed E-state index contributed by atoms with van der Waals surface area (Å²) in [7, 11) is 0. The summed E-state index contributed by atoms with van der Waals surface area (Å²) in [5.74, 6) is -0.458. The molecule has 1 saturated heterocycles. The molecule has 0 spiro atoms. The van der Waals surface area contributed by atoms with Crippen LogP contribution in [-0.2, 0) is 4.74 Å². The fourth-order valence-corrected chi connectivity index (χ4v) is 1.28. The largest absolute Gasteiger partial charge is 0.376 e. The molecule has 1 aromatic heterocycles. The Morgan fingerprint density at radius 3 is 2.77 bits per heavy atom. The van der Waals surface area contributed by atoms with Crippen LogP contribution in [0.5, 0.6) is 0 Å². The second-order valence-corrected chi connectivity index (χ2v) is 3.55. The summed E-state index contributed by atoms with van der Waals surface area (Å²) in [5.41, 5.74) is 0.812. The van der Waals surface area contributed by atoms with E-state index in [1.54, 1.807) is 6.07 Å². The lowest BCUT2D eigenvalue weighted by molar-refractivity contribution is -0.0318. The molecule has 1 aliphatic rings. The van der Waals surface area contributed by atoms with E-state index in [1.165, 1.54) is 12.3 Å². The van der Waals surface area contributed by atoms with E-state index in [0.29, 0.717) is 13.2 Å². The van der Waals surface area contributed by atoms with Gasteiger partial charge in [0.2, 0.25) is 5.95 Å². The number of pyridine rings is 1. The summed E-state index contributed by atoms with van der Waals surface area (Å²) in [6, 6.07) is 3.01. The minimum atomic E-state index is -0.458. The molecular formula is C9H11FN2O. The van der Waals surface area contributed by atoms with Crippen LogP contribution in [0.4, 0.5) is 10.1 Å². The molecule has 0 atom stereocenters. The third-order valence-corrected chi connectivity index (χ3v) is 2.01. The third-order valence-electron chi connectivity index (χ3n) is 2.01. The topological polar surface area (TPSA) is 34.2 Å². The molecule has 0 radical (unpaired) electrons. The van der Waals surface area contributed by atoms with Gasteiger partial charge in [0, 0.05) is 0 Å². The van der Waals surface area contributed by atoms with Gasteiger partial charge in [0.05, 0.1) is 30.6 Å². The lowest BCUT2D eigenvalue weighted by Gasteiger charge is -2.39. The molecule has 3 nitrogen and oxygen atoms in total. The minimum absolute atomic E-state index is 0.0144. The van der Waals surface area contributed by atoms with Crippen molar-refractivity contribution < 1.29 is 9.13 Å². The van der Waals surface area contributed by atoms with Gasteiger partial charge in [-0.3, -0.25) is 0 Å². The van der Waals surface area contributed by atoms with E-state index in [0.717, 1.165) is 5.69 Å². The van der Waals surface area contributed by atoms with E-state index in [-0.39, 0.29) is 5.54 Å². The first-order valence-corrected chi connectivity index (χ1v) is 4.15. The maximum absolute atomic E-state index is 12.5. The number of nitrogens with one attached hydrogen (secondary N) is 1. The molecule has 70 valence electrons. The zero-order chi connectivity index (χ0) is 9.31. The van der Waals surface area contributed by atoms with E-state index in [4.69, 9.17) is 4.74 Å². The van der Waals surface area contributed by atoms with Crippen molar-refractivity contribution in [3.8, 4) is 0 Å². The van der Waals surface area contributed by atoms with Gasteiger partial charge in [0.1, 0.15) is 0 Å². The Labute approximate surface area is 75.9 Å². The van der Waals surface area contributed by atoms with E-state index >= 15 is 0 Å². The molecule has 13 heavy (non-hydrogen) atoms. The standard InChI is InChI=1S/C9H11FN2O/c1-9(5-13-6-9)12-7-2-3-8(10)11-4-7/h2-4,12H,5-6H2,1H3. The van der Waals surface area contributed by atoms with Crippen LogP contribution in [0.2, 0.25) is 0 Å². The number of hydrogen-bond acceptors (Lipinski definition) is 3. The van der Waals surface area contributed by atoms with Gasteiger partial charge < -0.3 is 10.1 Å². The summed E-state index contributed by atoms with van der Waals surface area (Å²) < 4.78 is 17.5. The summed E-state index contributed by atoms with van der Waals surface area (Å²) in [4.78, 5) is 3.55. The van der Waals surface area contributed by atoms with Gasteiger partial charge in [-0.25, -0.2) is 4.98 Å². The SMILES string of the molecule is CC1(Nc2ccc(F)nc2)COC1. The van der Waals surface area contributed by atoms with Crippen molar-refractivity contribution in [3.05, 3.63) is 24.3 Å². The van der Waals surface area contributed by atoms with Crippen LogP contribution in [0.15, 0.2) is 18.3 Å². The molecule has 0 aliphatic carbocycles. The molecule has 1 N–H and O–H groups in total. The Morgan fingerprint density at radius 2 is 2.31 bits per heavy atom. The van der Waals surface area contributed by atoms with E-state index < -0.39 is 5.95 Å². The average Bonchev–Trinajstić information content (AvgIpc) is 2.06. The van der Waals surface area contributed by atoms with Crippen LogP contribution in [0.25, 0.3) is 0 Å². The molecule has 0 amide bonds. The number of rotatable bonds is 2. The first-order chi connectivity index (χ1) is 6.18. The smallest absolute Gasteiger partial charge is 0.212 e. The lowest BCUT2D eigenvalue weighted by atomic mass is 10.0. The molecule has 2 rings (SSSR count). The molecular weight excluding hydrogens is 171 g/mol. The highest BCUT2D eigenvalue weighted by molar-refractivity contribution is 5.43. The predicted octanol–water partition coefficient (Wildman–Crippen LogP) is 1.42. The van der Waals surface area contributed by atoms with Crippen molar-refractivity contribution in [2.75, 3.05) is 18.5 Å². The van der Waals surface area contributed by atoms with E-state index in [1.807, 2.05) is 0 Å². The molecule has 4 heteroatoms. The zero-order valence-corrected chi connectivity index (χ0v) is 7.38. The number of anilines is 1. The maximum Gasteiger partial charge on any atom is 0.212 e. The predicted molar refractivity (Wildman–Crippen MR) is 47.0 cm³/mol. The molecule has 1 aromatic rings. The first-order valence-electron chi connectivity index (χ1n) is 4.15. The number of ether oxygens (including phenoxy) is 1. The first kappa shape index (κ1) is 8.44. The molecule has 0 bridgehead atoms. The second kappa shape index (κ2) is 2.96. The molecule has 1 fully saturated rings. The van der Waals surface area contributed by atoms with Crippen LogP contribution in [0.1, 0.15) is 6.92 Å². The summed E-state index contributed by atoms with van der Waals surface area (Å²) in [6.45, 7) is 3.43. The number of aromatic nitrogens is 1. The molecule has 2 heterocycles. The molecule has 0 aromatic carbocycles. The third kappa shape index (κ3) is 1.78. The Hall–Kier alpha value is -1.16. The van der Waals surface area contributed by atoms with Gasteiger partial charge in [-0.1, -0.05) is 0 Å². The molecule has 0 saturated carbocycles. The Morgan fingerprint density at radius 1 is 1.54 bits per heavy atom. The van der Waals surface area contributed by atoms with Crippen molar-refractivity contribution in [2.24, 2.45) is 0 Å². The van der Waals surface area contributed by atoms with Gasteiger partial charge in [0.15, 0.2) is 0 Å². The highest BCUT2D eigenvalue weighted by atomic mass is 19.1. The van der Waals surface area contributed by atoms with Gasteiger partial charge in [-0.2, -0.15) is 4.39 Å². The van der Waals surface area contributed by atoms with Crippen molar-refractivity contribution in [3.63, 3.8) is 0 Å². The van der Waals surface area contributed by atoms with Crippen LogP contribution in [0.3, 0.4) is 0 Å². The molecule has 1 aliphatic heterocycles. The number of halogens is 1. The van der Waals surface area contributed by atoms with Crippen LogP contribution < -0.4 is 5.32 Å². The minimum Gasteiger partial charge on any atom is -0.376 e. The monoisotopic (exact) mass is 182 g/mol. The molecule has 0 unspecified atom stereocenters. The summed E-state index contributed by atoms with van der Waals surface area (Å²) in [6.07, 6.45) is 1.49. The van der Waals surface area contributed by atoms with Crippen molar-refractivity contribution >= 4 is 5.69 Å². The Balaban J connectivity index is 2.05. The fourth-order valence-electron chi connectivity index (χ4n) is 1.28. The lowest BCUT2D eigenvalue weighted by Crippen LogP contribution is -2.53. The number of hydrogen-bond donors (Lipinski definition) is 1.